The molecule has 0 unspecified atom stereocenters. The third kappa shape index (κ3) is 5.72. The van der Waals surface area contributed by atoms with Crippen LogP contribution in [0.5, 0.6) is 5.75 Å². The van der Waals surface area contributed by atoms with E-state index in [9.17, 15) is 10.1 Å². The number of carbonyl (C=O) groups excluding carboxylic acids is 1. The number of ether oxygens (including phenoxy) is 1. The van der Waals surface area contributed by atoms with E-state index in [1.807, 2.05) is 54.6 Å². The van der Waals surface area contributed by atoms with Crippen molar-refractivity contribution < 1.29 is 9.53 Å². The van der Waals surface area contributed by atoms with E-state index in [-0.39, 0.29) is 5.57 Å². The smallest absolute Gasteiger partial charge is 0.266 e. The number of nitriles is 1. The Balaban J connectivity index is 1.54. The zero-order valence-corrected chi connectivity index (χ0v) is 21.7. The Kier molecular flexibility index (Phi) is 7.62. The monoisotopic (exact) mass is 656 g/mol. The molecule has 0 atom stereocenters. The zero-order chi connectivity index (χ0) is 23.2. The van der Waals surface area contributed by atoms with E-state index in [2.05, 4.69) is 74.8 Å². The second-order valence-electron chi connectivity index (χ2n) is 7.23. The first-order valence-electron chi connectivity index (χ1n) is 10.1. The van der Waals surface area contributed by atoms with Crippen molar-refractivity contribution in [1.82, 2.24) is 0 Å². The summed E-state index contributed by atoms with van der Waals surface area (Å²) in [5, 5.41) is 14.6. The molecule has 0 aromatic heterocycles. The highest BCUT2D eigenvalue weighted by Gasteiger charge is 2.13. The predicted octanol–water partition coefficient (Wildman–Crippen LogP) is 7.17. The first-order chi connectivity index (χ1) is 16.0. The standard InChI is InChI=1S/C27H18I2N2O2/c28-24-14-18(13-21(16-30)27(32)31-22-10-2-1-3-11-22)15-25(29)26(24)33-17-20-9-6-8-19-7-4-5-12-23(19)20/h1-15H,17H2,(H,31,32)/b21-13-. The summed E-state index contributed by atoms with van der Waals surface area (Å²) in [4.78, 5) is 12.5. The Labute approximate surface area is 219 Å². The van der Waals surface area contributed by atoms with Gasteiger partial charge in [0.1, 0.15) is 24.0 Å². The van der Waals surface area contributed by atoms with Gasteiger partial charge < -0.3 is 10.1 Å². The Hall–Kier alpha value is -2.90. The van der Waals surface area contributed by atoms with Crippen molar-refractivity contribution in [3.63, 3.8) is 0 Å². The molecule has 0 radical (unpaired) electrons. The molecular formula is C27H18I2N2O2. The molecule has 0 bridgehead atoms. The molecule has 6 heteroatoms. The second-order valence-corrected chi connectivity index (χ2v) is 9.55. The van der Waals surface area contributed by atoms with E-state index in [0.717, 1.165) is 24.0 Å². The van der Waals surface area contributed by atoms with Crippen molar-refractivity contribution in [3.8, 4) is 11.8 Å². The molecule has 0 fully saturated rings. The van der Waals surface area contributed by atoms with Crippen molar-refractivity contribution in [2.24, 2.45) is 0 Å². The molecule has 162 valence electrons. The normalized spacial score (nSPS) is 11.1. The van der Waals surface area contributed by atoms with E-state index in [0.29, 0.717) is 12.3 Å². The largest absolute Gasteiger partial charge is 0.487 e. The van der Waals surface area contributed by atoms with Crippen LogP contribution in [0.4, 0.5) is 5.69 Å². The molecule has 4 rings (SSSR count). The predicted molar refractivity (Wildman–Crippen MR) is 149 cm³/mol. The molecule has 0 aliphatic heterocycles. The van der Waals surface area contributed by atoms with Crippen LogP contribution in [-0.2, 0) is 11.4 Å². The van der Waals surface area contributed by atoms with Crippen molar-refractivity contribution in [1.29, 1.82) is 5.26 Å². The number of hydrogen-bond donors (Lipinski definition) is 1. The number of amides is 1. The van der Waals surface area contributed by atoms with Crippen LogP contribution in [0.3, 0.4) is 0 Å². The fourth-order valence-electron chi connectivity index (χ4n) is 3.40. The lowest BCUT2D eigenvalue weighted by atomic mass is 10.1. The quantitative estimate of drug-likeness (QED) is 0.136. The Bertz CT molecular complexity index is 1360. The van der Waals surface area contributed by atoms with Gasteiger partial charge in [-0.3, -0.25) is 4.79 Å². The maximum absolute atomic E-state index is 12.5. The van der Waals surface area contributed by atoms with E-state index >= 15 is 0 Å². The number of anilines is 1. The summed E-state index contributed by atoms with van der Waals surface area (Å²) in [6.45, 7) is 0.450. The van der Waals surface area contributed by atoms with Gasteiger partial charge in [-0.15, -0.1) is 0 Å². The molecule has 0 heterocycles. The molecule has 0 saturated heterocycles. The molecule has 1 N–H and O–H groups in total. The van der Waals surface area contributed by atoms with Crippen LogP contribution in [0.15, 0.2) is 90.5 Å². The van der Waals surface area contributed by atoms with Crippen molar-refractivity contribution in [2.45, 2.75) is 6.61 Å². The van der Waals surface area contributed by atoms with Gasteiger partial charge in [-0.1, -0.05) is 60.7 Å². The molecule has 4 aromatic rings. The first kappa shape index (κ1) is 23.3. The van der Waals surface area contributed by atoms with Crippen molar-refractivity contribution in [2.75, 3.05) is 5.32 Å². The second kappa shape index (κ2) is 10.8. The Morgan fingerprint density at radius 1 is 0.939 bits per heavy atom. The molecule has 4 aromatic carbocycles. The maximum Gasteiger partial charge on any atom is 0.266 e. The number of rotatable bonds is 6. The van der Waals surface area contributed by atoms with Crippen LogP contribution < -0.4 is 10.1 Å². The molecule has 1 amide bonds. The maximum atomic E-state index is 12.5. The Morgan fingerprint density at radius 3 is 2.33 bits per heavy atom. The summed E-state index contributed by atoms with van der Waals surface area (Å²) in [6.07, 6.45) is 1.59. The van der Waals surface area contributed by atoms with E-state index in [1.54, 1.807) is 18.2 Å². The summed E-state index contributed by atoms with van der Waals surface area (Å²) in [6, 6.07) is 29.3. The number of nitrogens with zero attached hydrogens (tertiary/aromatic N) is 1. The van der Waals surface area contributed by atoms with E-state index in [4.69, 9.17) is 4.74 Å². The lowest BCUT2D eigenvalue weighted by molar-refractivity contribution is -0.112. The summed E-state index contributed by atoms with van der Waals surface area (Å²) >= 11 is 4.45. The van der Waals surface area contributed by atoms with Gasteiger partial charge >= 0.3 is 0 Å². The summed E-state index contributed by atoms with van der Waals surface area (Å²) in [7, 11) is 0. The van der Waals surface area contributed by atoms with Crippen LogP contribution in [-0.4, -0.2) is 5.91 Å². The SMILES string of the molecule is N#C/C(=C/c1cc(I)c(OCc2cccc3ccccc23)c(I)c1)C(=O)Nc1ccccc1. The van der Waals surface area contributed by atoms with Crippen molar-refractivity contribution in [3.05, 3.63) is 109 Å². The molecule has 33 heavy (non-hydrogen) atoms. The Morgan fingerprint density at radius 2 is 1.61 bits per heavy atom. The number of fused-ring (bicyclic) bond motifs is 1. The van der Waals surface area contributed by atoms with Crippen LogP contribution >= 0.6 is 45.2 Å². The highest BCUT2D eigenvalue weighted by molar-refractivity contribution is 14.1. The third-order valence-electron chi connectivity index (χ3n) is 4.98. The highest BCUT2D eigenvalue weighted by Crippen LogP contribution is 2.31. The summed E-state index contributed by atoms with van der Waals surface area (Å²) in [5.41, 5.74) is 2.56. The molecular weight excluding hydrogens is 638 g/mol. The molecule has 4 nitrogen and oxygen atoms in total. The minimum atomic E-state index is -0.440. The summed E-state index contributed by atoms with van der Waals surface area (Å²) < 4.78 is 8.01. The van der Waals surface area contributed by atoms with Gasteiger partial charge in [-0.05, 0) is 97.4 Å². The van der Waals surface area contributed by atoms with Gasteiger partial charge in [0.15, 0.2) is 0 Å². The molecule has 0 saturated carbocycles. The lowest BCUT2D eigenvalue weighted by Crippen LogP contribution is -2.13. The van der Waals surface area contributed by atoms with Crippen LogP contribution in [0, 0.1) is 18.5 Å². The lowest BCUT2D eigenvalue weighted by Gasteiger charge is -2.13. The van der Waals surface area contributed by atoms with Gasteiger partial charge in [0.25, 0.3) is 5.91 Å². The zero-order valence-electron chi connectivity index (χ0n) is 17.4. The van der Waals surface area contributed by atoms with E-state index in [1.165, 1.54) is 10.8 Å². The number of benzene rings is 4. The average molecular weight is 656 g/mol. The number of nitrogens with one attached hydrogen (secondary N) is 1. The molecule has 0 aliphatic rings. The topological polar surface area (TPSA) is 62.1 Å². The van der Waals surface area contributed by atoms with Crippen LogP contribution in [0.1, 0.15) is 11.1 Å². The number of carbonyl (C=O) groups is 1. The van der Waals surface area contributed by atoms with Gasteiger partial charge in [-0.2, -0.15) is 5.26 Å². The fourth-order valence-corrected chi connectivity index (χ4v) is 5.53. The van der Waals surface area contributed by atoms with E-state index < -0.39 is 5.91 Å². The number of halogens is 2. The average Bonchev–Trinajstić information content (AvgIpc) is 2.82. The fraction of sp³-hybridized carbons (Fsp3) is 0.0370. The van der Waals surface area contributed by atoms with Crippen LogP contribution in [0.25, 0.3) is 16.8 Å². The van der Waals surface area contributed by atoms with Crippen molar-refractivity contribution >= 4 is 73.6 Å². The summed E-state index contributed by atoms with van der Waals surface area (Å²) in [5.74, 6) is 0.346. The highest BCUT2D eigenvalue weighted by atomic mass is 127. The third-order valence-corrected chi connectivity index (χ3v) is 6.58. The first-order valence-corrected chi connectivity index (χ1v) is 12.3. The molecule has 0 spiro atoms. The minimum Gasteiger partial charge on any atom is -0.487 e. The number of para-hydroxylation sites is 1. The van der Waals surface area contributed by atoms with Gasteiger partial charge in [-0.25, -0.2) is 0 Å². The minimum absolute atomic E-state index is 0.0369. The molecule has 0 aliphatic carbocycles. The van der Waals surface area contributed by atoms with Gasteiger partial charge in [0.2, 0.25) is 0 Å². The van der Waals surface area contributed by atoms with Gasteiger partial charge in [0, 0.05) is 5.69 Å². The number of hydrogen-bond acceptors (Lipinski definition) is 3. The van der Waals surface area contributed by atoms with Crippen LogP contribution in [0.2, 0.25) is 0 Å². The van der Waals surface area contributed by atoms with Gasteiger partial charge in [0.05, 0.1) is 7.14 Å².